The first-order valence-electron chi connectivity index (χ1n) is 5.35. The number of nitrogen functional groups attached to an aromatic ring is 1. The minimum Gasteiger partial charge on any atom is -0.399 e. The van der Waals surface area contributed by atoms with Crippen LogP contribution >= 0.6 is 0 Å². The van der Waals surface area contributed by atoms with Gasteiger partial charge in [0.05, 0.1) is 11.3 Å². The molecule has 0 unspecified atom stereocenters. The molecule has 0 radical (unpaired) electrons. The van der Waals surface area contributed by atoms with Crippen LogP contribution in [0.1, 0.15) is 5.56 Å². The monoisotopic (exact) mass is 270 g/mol. The van der Waals surface area contributed by atoms with Crippen molar-refractivity contribution in [3.05, 3.63) is 53.8 Å². The van der Waals surface area contributed by atoms with Crippen molar-refractivity contribution >= 4 is 17.1 Å². The van der Waals surface area contributed by atoms with E-state index in [1.54, 1.807) is 18.2 Å². The van der Waals surface area contributed by atoms with Gasteiger partial charge in [-0.1, -0.05) is 6.07 Å². The van der Waals surface area contributed by atoms with Crippen LogP contribution in [0.25, 0.3) is 0 Å². The second kappa shape index (κ2) is 4.79. The predicted octanol–water partition coefficient (Wildman–Crippen LogP) is 4.17. The van der Waals surface area contributed by atoms with Crippen LogP contribution in [0, 0.1) is 5.82 Å². The quantitative estimate of drug-likeness (QED) is 0.635. The van der Waals surface area contributed by atoms with Gasteiger partial charge in [-0.3, -0.25) is 0 Å². The van der Waals surface area contributed by atoms with E-state index in [2.05, 4.69) is 5.32 Å². The number of nitrogens with one attached hydrogen (secondary N) is 1. The molecule has 0 atom stereocenters. The zero-order chi connectivity index (χ0) is 14.0. The van der Waals surface area contributed by atoms with Crippen LogP contribution in [-0.4, -0.2) is 0 Å². The van der Waals surface area contributed by atoms with Gasteiger partial charge in [-0.15, -0.1) is 0 Å². The Balaban J connectivity index is 2.34. The first kappa shape index (κ1) is 13.2. The Labute approximate surface area is 106 Å². The third-order valence-corrected chi connectivity index (χ3v) is 2.46. The van der Waals surface area contributed by atoms with E-state index in [9.17, 15) is 17.6 Å². The molecule has 3 N–H and O–H groups in total. The maximum atomic E-state index is 13.5. The molecule has 2 nitrogen and oxygen atoms in total. The van der Waals surface area contributed by atoms with Gasteiger partial charge in [-0.2, -0.15) is 13.2 Å². The first-order chi connectivity index (χ1) is 8.86. The lowest BCUT2D eigenvalue weighted by Crippen LogP contribution is -2.06. The number of benzene rings is 2. The number of hydrogen-bond donors (Lipinski definition) is 2. The standard InChI is InChI=1S/C13H10F4N2/c14-11-5-4-8(13(15,16)17)6-12(11)19-10-3-1-2-9(18)7-10/h1-7,19H,18H2. The number of rotatable bonds is 2. The van der Waals surface area contributed by atoms with Crippen LogP contribution in [0.2, 0.25) is 0 Å². The molecule has 0 amide bonds. The molecule has 0 spiro atoms. The molecule has 0 aliphatic heterocycles. The summed E-state index contributed by atoms with van der Waals surface area (Å²) in [5.41, 5.74) is 5.21. The molecule has 0 aliphatic carbocycles. The second-order valence-corrected chi connectivity index (χ2v) is 3.94. The summed E-state index contributed by atoms with van der Waals surface area (Å²) in [6.45, 7) is 0. The predicted molar refractivity (Wildman–Crippen MR) is 65.5 cm³/mol. The van der Waals surface area contributed by atoms with Gasteiger partial charge in [-0.25, -0.2) is 4.39 Å². The Hall–Kier alpha value is -2.24. The molecule has 2 aromatic rings. The summed E-state index contributed by atoms with van der Waals surface area (Å²) in [6, 6.07) is 8.50. The number of hydrogen-bond acceptors (Lipinski definition) is 2. The highest BCUT2D eigenvalue weighted by atomic mass is 19.4. The number of anilines is 3. The summed E-state index contributed by atoms with van der Waals surface area (Å²) in [5.74, 6) is -0.768. The average Bonchev–Trinajstić information content (AvgIpc) is 2.30. The smallest absolute Gasteiger partial charge is 0.399 e. The molecule has 0 saturated carbocycles. The summed E-state index contributed by atoms with van der Waals surface area (Å²) in [6.07, 6.45) is -4.51. The van der Waals surface area contributed by atoms with E-state index in [1.807, 2.05) is 0 Å². The van der Waals surface area contributed by atoms with Crippen LogP contribution < -0.4 is 11.1 Å². The molecule has 6 heteroatoms. The fourth-order valence-corrected chi connectivity index (χ4v) is 1.57. The van der Waals surface area contributed by atoms with E-state index < -0.39 is 17.6 Å². The Morgan fingerprint density at radius 2 is 1.74 bits per heavy atom. The molecular formula is C13H10F4N2. The van der Waals surface area contributed by atoms with E-state index in [4.69, 9.17) is 5.73 Å². The summed E-state index contributed by atoms with van der Waals surface area (Å²) in [7, 11) is 0. The molecule has 2 rings (SSSR count). The lowest BCUT2D eigenvalue weighted by atomic mass is 10.1. The lowest BCUT2D eigenvalue weighted by molar-refractivity contribution is -0.137. The zero-order valence-corrected chi connectivity index (χ0v) is 9.63. The minimum atomic E-state index is -4.51. The van der Waals surface area contributed by atoms with Crippen molar-refractivity contribution in [2.24, 2.45) is 0 Å². The molecule has 2 aromatic carbocycles. The van der Waals surface area contributed by atoms with E-state index >= 15 is 0 Å². The van der Waals surface area contributed by atoms with Crippen molar-refractivity contribution in [2.45, 2.75) is 6.18 Å². The molecular weight excluding hydrogens is 260 g/mol. The molecule has 0 bridgehead atoms. The third kappa shape index (κ3) is 3.15. The number of halogens is 4. The van der Waals surface area contributed by atoms with Crippen molar-refractivity contribution in [1.29, 1.82) is 0 Å². The highest BCUT2D eigenvalue weighted by Crippen LogP contribution is 2.32. The van der Waals surface area contributed by atoms with Crippen molar-refractivity contribution in [3.8, 4) is 0 Å². The third-order valence-electron chi connectivity index (χ3n) is 2.46. The van der Waals surface area contributed by atoms with E-state index in [-0.39, 0.29) is 5.69 Å². The summed E-state index contributed by atoms with van der Waals surface area (Å²) >= 11 is 0. The minimum absolute atomic E-state index is 0.250. The molecule has 100 valence electrons. The van der Waals surface area contributed by atoms with Crippen LogP contribution in [0.4, 0.5) is 34.6 Å². The molecule has 19 heavy (non-hydrogen) atoms. The Morgan fingerprint density at radius 1 is 1.00 bits per heavy atom. The van der Waals surface area contributed by atoms with Crippen LogP contribution in [0.15, 0.2) is 42.5 Å². The second-order valence-electron chi connectivity index (χ2n) is 3.94. The van der Waals surface area contributed by atoms with Gasteiger partial charge in [-0.05, 0) is 36.4 Å². The molecule has 0 saturated heterocycles. The summed E-state index contributed by atoms with van der Waals surface area (Å²) in [5, 5.41) is 2.57. The van der Waals surface area contributed by atoms with Crippen LogP contribution in [0.5, 0.6) is 0 Å². The summed E-state index contributed by atoms with van der Waals surface area (Å²) in [4.78, 5) is 0. The highest BCUT2D eigenvalue weighted by molar-refractivity contribution is 5.64. The fraction of sp³-hybridized carbons (Fsp3) is 0.0769. The average molecular weight is 270 g/mol. The van der Waals surface area contributed by atoms with Gasteiger partial charge in [0.25, 0.3) is 0 Å². The van der Waals surface area contributed by atoms with Gasteiger partial charge in [0, 0.05) is 11.4 Å². The number of alkyl halides is 3. The Bertz CT molecular complexity index is 593. The van der Waals surface area contributed by atoms with E-state index in [1.165, 1.54) is 6.07 Å². The Kier molecular flexibility index (Phi) is 3.33. The van der Waals surface area contributed by atoms with Gasteiger partial charge in [0.1, 0.15) is 5.82 Å². The molecule has 0 aromatic heterocycles. The summed E-state index contributed by atoms with van der Waals surface area (Å²) < 4.78 is 51.1. The van der Waals surface area contributed by atoms with Crippen molar-refractivity contribution < 1.29 is 17.6 Å². The van der Waals surface area contributed by atoms with Crippen molar-refractivity contribution in [3.63, 3.8) is 0 Å². The highest BCUT2D eigenvalue weighted by Gasteiger charge is 2.31. The van der Waals surface area contributed by atoms with Crippen LogP contribution in [-0.2, 0) is 6.18 Å². The lowest BCUT2D eigenvalue weighted by Gasteiger charge is -2.12. The van der Waals surface area contributed by atoms with Crippen molar-refractivity contribution in [1.82, 2.24) is 0 Å². The Morgan fingerprint density at radius 3 is 2.37 bits per heavy atom. The largest absolute Gasteiger partial charge is 0.416 e. The van der Waals surface area contributed by atoms with Gasteiger partial charge >= 0.3 is 6.18 Å². The van der Waals surface area contributed by atoms with Gasteiger partial charge < -0.3 is 11.1 Å². The SMILES string of the molecule is Nc1cccc(Nc2cc(C(F)(F)F)ccc2F)c1. The fourth-order valence-electron chi connectivity index (χ4n) is 1.57. The molecule has 0 aliphatic rings. The molecule has 0 fully saturated rings. The number of nitrogens with two attached hydrogens (primary N) is 1. The maximum absolute atomic E-state index is 13.5. The van der Waals surface area contributed by atoms with Gasteiger partial charge in [0.15, 0.2) is 0 Å². The first-order valence-corrected chi connectivity index (χ1v) is 5.35. The molecule has 0 heterocycles. The van der Waals surface area contributed by atoms with Gasteiger partial charge in [0.2, 0.25) is 0 Å². The van der Waals surface area contributed by atoms with E-state index in [0.717, 1.165) is 12.1 Å². The van der Waals surface area contributed by atoms with Crippen LogP contribution in [0.3, 0.4) is 0 Å². The normalized spacial score (nSPS) is 11.4. The topological polar surface area (TPSA) is 38.0 Å². The zero-order valence-electron chi connectivity index (χ0n) is 9.63. The van der Waals surface area contributed by atoms with Crippen molar-refractivity contribution in [2.75, 3.05) is 11.1 Å². The maximum Gasteiger partial charge on any atom is 0.416 e. The van der Waals surface area contributed by atoms with E-state index in [0.29, 0.717) is 17.4 Å².